The van der Waals surface area contributed by atoms with Crippen molar-refractivity contribution in [3.05, 3.63) is 35.6 Å². The lowest BCUT2D eigenvalue weighted by atomic mass is 10.1. The van der Waals surface area contributed by atoms with Crippen LogP contribution in [-0.2, 0) is 20.7 Å². The van der Waals surface area contributed by atoms with Gasteiger partial charge in [0.05, 0.1) is 6.61 Å². The highest BCUT2D eigenvalue weighted by atomic mass is 19.1. The van der Waals surface area contributed by atoms with E-state index >= 15 is 0 Å². The number of hydrogen-bond donors (Lipinski definition) is 1. The summed E-state index contributed by atoms with van der Waals surface area (Å²) in [5.74, 6) is -1.23. The van der Waals surface area contributed by atoms with Crippen LogP contribution in [0.3, 0.4) is 0 Å². The largest absolute Gasteiger partial charge is 0.466 e. The molecule has 5 heteroatoms. The van der Waals surface area contributed by atoms with Gasteiger partial charge in [0, 0.05) is 6.54 Å². The molecule has 0 aromatic heterocycles. The Labute approximate surface area is 105 Å². The Kier molecular flexibility index (Phi) is 5.84. The number of halogens is 1. The third-order valence-corrected chi connectivity index (χ3v) is 2.24. The molecule has 1 amide bonds. The van der Waals surface area contributed by atoms with Crippen LogP contribution in [0.4, 0.5) is 4.39 Å². The van der Waals surface area contributed by atoms with Crippen LogP contribution in [0.2, 0.25) is 0 Å². The lowest BCUT2D eigenvalue weighted by Gasteiger charge is -2.05. The van der Waals surface area contributed by atoms with Gasteiger partial charge in [0.15, 0.2) is 0 Å². The maximum atomic E-state index is 12.9. The van der Waals surface area contributed by atoms with Crippen LogP contribution in [0.5, 0.6) is 0 Å². The molecule has 0 aliphatic carbocycles. The molecule has 1 rings (SSSR count). The van der Waals surface area contributed by atoms with Gasteiger partial charge in [-0.2, -0.15) is 0 Å². The maximum absolute atomic E-state index is 12.9. The van der Waals surface area contributed by atoms with Gasteiger partial charge in [-0.3, -0.25) is 9.59 Å². The number of amides is 1. The lowest BCUT2D eigenvalue weighted by Crippen LogP contribution is -2.28. The van der Waals surface area contributed by atoms with Crippen molar-refractivity contribution in [1.29, 1.82) is 0 Å². The van der Waals surface area contributed by atoms with E-state index in [0.29, 0.717) is 13.0 Å². The summed E-state index contributed by atoms with van der Waals surface area (Å²) >= 11 is 0. The van der Waals surface area contributed by atoms with Gasteiger partial charge >= 0.3 is 5.97 Å². The SMILES string of the molecule is CCOC(=O)CC(=O)NCCc1cccc(F)c1. The quantitative estimate of drug-likeness (QED) is 0.616. The standard InChI is InChI=1S/C13H16FNO3/c1-2-18-13(17)9-12(16)15-7-6-10-4-3-5-11(14)8-10/h3-5,8H,2,6-7,9H2,1H3,(H,15,16). The molecule has 0 radical (unpaired) electrons. The average Bonchev–Trinajstić information content (AvgIpc) is 2.29. The number of rotatable bonds is 6. The molecule has 18 heavy (non-hydrogen) atoms. The number of nitrogens with one attached hydrogen (secondary N) is 1. The van der Waals surface area contributed by atoms with Crippen molar-refractivity contribution in [2.75, 3.05) is 13.2 Å². The van der Waals surface area contributed by atoms with Gasteiger partial charge < -0.3 is 10.1 Å². The first-order chi connectivity index (χ1) is 8.61. The molecule has 0 unspecified atom stereocenters. The van der Waals surface area contributed by atoms with Crippen molar-refractivity contribution in [3.63, 3.8) is 0 Å². The Bertz CT molecular complexity index is 420. The number of esters is 1. The van der Waals surface area contributed by atoms with Gasteiger partial charge in [0.2, 0.25) is 5.91 Å². The number of hydrogen-bond acceptors (Lipinski definition) is 3. The zero-order valence-electron chi connectivity index (χ0n) is 10.2. The highest BCUT2D eigenvalue weighted by molar-refractivity contribution is 5.94. The minimum absolute atomic E-state index is 0.259. The van der Waals surface area contributed by atoms with Gasteiger partial charge in [-0.25, -0.2) is 4.39 Å². The monoisotopic (exact) mass is 253 g/mol. The number of benzene rings is 1. The first-order valence-corrected chi connectivity index (χ1v) is 5.78. The van der Waals surface area contributed by atoms with Gasteiger partial charge in [-0.15, -0.1) is 0 Å². The fourth-order valence-corrected chi connectivity index (χ4v) is 1.44. The molecule has 0 spiro atoms. The lowest BCUT2D eigenvalue weighted by molar-refractivity contribution is -0.145. The van der Waals surface area contributed by atoms with E-state index in [1.807, 2.05) is 0 Å². The van der Waals surface area contributed by atoms with Crippen molar-refractivity contribution >= 4 is 11.9 Å². The number of ether oxygens (including phenoxy) is 1. The smallest absolute Gasteiger partial charge is 0.315 e. The second-order valence-electron chi connectivity index (χ2n) is 3.71. The van der Waals surface area contributed by atoms with Crippen molar-refractivity contribution in [2.24, 2.45) is 0 Å². The van der Waals surface area contributed by atoms with Crippen molar-refractivity contribution in [1.82, 2.24) is 5.32 Å². The Morgan fingerprint density at radius 1 is 1.39 bits per heavy atom. The second-order valence-corrected chi connectivity index (χ2v) is 3.71. The topological polar surface area (TPSA) is 55.4 Å². The summed E-state index contributed by atoms with van der Waals surface area (Å²) < 4.78 is 17.5. The third-order valence-electron chi connectivity index (χ3n) is 2.24. The molecule has 0 saturated carbocycles. The molecule has 0 bridgehead atoms. The van der Waals surface area contributed by atoms with E-state index in [1.54, 1.807) is 19.1 Å². The van der Waals surface area contributed by atoms with Crippen LogP contribution >= 0.6 is 0 Å². The number of carbonyl (C=O) groups excluding carboxylic acids is 2. The second kappa shape index (κ2) is 7.42. The molecule has 4 nitrogen and oxygen atoms in total. The maximum Gasteiger partial charge on any atom is 0.315 e. The highest BCUT2D eigenvalue weighted by Gasteiger charge is 2.09. The molecular weight excluding hydrogens is 237 g/mol. The molecule has 0 saturated heterocycles. The first kappa shape index (κ1) is 14.2. The third kappa shape index (κ3) is 5.43. The summed E-state index contributed by atoms with van der Waals surface area (Å²) in [5.41, 5.74) is 0.798. The number of carbonyl (C=O) groups is 2. The van der Waals surface area contributed by atoms with Crippen LogP contribution in [0.1, 0.15) is 18.9 Å². The van der Waals surface area contributed by atoms with E-state index in [-0.39, 0.29) is 24.8 Å². The van der Waals surface area contributed by atoms with Gasteiger partial charge in [0.25, 0.3) is 0 Å². The zero-order chi connectivity index (χ0) is 13.4. The molecule has 0 aliphatic heterocycles. The van der Waals surface area contributed by atoms with Crippen LogP contribution in [0.25, 0.3) is 0 Å². The minimum atomic E-state index is -0.541. The average molecular weight is 253 g/mol. The molecule has 1 N–H and O–H groups in total. The van der Waals surface area contributed by atoms with Crippen LogP contribution in [0.15, 0.2) is 24.3 Å². The fourth-order valence-electron chi connectivity index (χ4n) is 1.44. The summed E-state index contributed by atoms with van der Waals surface area (Å²) in [6.07, 6.45) is 0.239. The van der Waals surface area contributed by atoms with E-state index in [1.165, 1.54) is 12.1 Å². The molecule has 1 aromatic rings. The van der Waals surface area contributed by atoms with Gasteiger partial charge in [-0.1, -0.05) is 12.1 Å². The summed E-state index contributed by atoms with van der Waals surface area (Å²) in [4.78, 5) is 22.3. The Balaban J connectivity index is 2.25. The van der Waals surface area contributed by atoms with E-state index in [9.17, 15) is 14.0 Å². The minimum Gasteiger partial charge on any atom is -0.466 e. The Morgan fingerprint density at radius 2 is 2.17 bits per heavy atom. The summed E-state index contributed by atoms with van der Waals surface area (Å²) in [6.45, 7) is 2.30. The summed E-state index contributed by atoms with van der Waals surface area (Å²) in [5, 5.41) is 2.58. The zero-order valence-corrected chi connectivity index (χ0v) is 10.2. The summed E-state index contributed by atoms with van der Waals surface area (Å²) in [7, 11) is 0. The Hall–Kier alpha value is -1.91. The van der Waals surface area contributed by atoms with Crippen LogP contribution in [-0.4, -0.2) is 25.0 Å². The normalized spacial score (nSPS) is 9.89. The fraction of sp³-hybridized carbons (Fsp3) is 0.385. The Morgan fingerprint density at radius 3 is 2.83 bits per heavy atom. The molecule has 0 atom stereocenters. The predicted molar refractivity (Wildman–Crippen MR) is 64.4 cm³/mol. The predicted octanol–water partition coefficient (Wildman–Crippen LogP) is 1.44. The van der Waals surface area contributed by atoms with Gasteiger partial charge in [0.1, 0.15) is 12.2 Å². The molecule has 1 aromatic carbocycles. The van der Waals surface area contributed by atoms with Crippen LogP contribution in [0, 0.1) is 5.82 Å². The molecule has 0 aliphatic rings. The van der Waals surface area contributed by atoms with Crippen molar-refractivity contribution in [2.45, 2.75) is 19.8 Å². The molecule has 0 heterocycles. The van der Waals surface area contributed by atoms with E-state index in [2.05, 4.69) is 10.1 Å². The molecule has 0 fully saturated rings. The first-order valence-electron chi connectivity index (χ1n) is 5.78. The van der Waals surface area contributed by atoms with Crippen molar-refractivity contribution in [3.8, 4) is 0 Å². The summed E-state index contributed by atoms with van der Waals surface area (Å²) in [6, 6.07) is 6.17. The van der Waals surface area contributed by atoms with E-state index in [0.717, 1.165) is 5.56 Å². The van der Waals surface area contributed by atoms with Gasteiger partial charge in [-0.05, 0) is 31.0 Å². The molecular formula is C13H16FNO3. The van der Waals surface area contributed by atoms with Crippen LogP contribution < -0.4 is 5.32 Å². The highest BCUT2D eigenvalue weighted by Crippen LogP contribution is 2.03. The van der Waals surface area contributed by atoms with Crippen molar-refractivity contribution < 1.29 is 18.7 Å². The molecule has 98 valence electrons. The van der Waals surface area contributed by atoms with E-state index in [4.69, 9.17) is 0 Å². The van der Waals surface area contributed by atoms with E-state index < -0.39 is 5.97 Å².